The Labute approximate surface area is 101 Å². The summed E-state index contributed by atoms with van der Waals surface area (Å²) in [4.78, 5) is 11.0. The van der Waals surface area contributed by atoms with E-state index in [1.165, 1.54) is 9.81 Å². The molecule has 2 aliphatic heterocycles. The van der Waals surface area contributed by atoms with E-state index in [0.29, 0.717) is 0 Å². The summed E-state index contributed by atoms with van der Waals surface area (Å²) in [7, 11) is 0. The first-order valence-corrected chi connectivity index (χ1v) is 6.03. The molecular weight excluding hydrogens is 246 g/mol. The Morgan fingerprint density at radius 1 is 1.00 bits per heavy atom. The van der Waals surface area contributed by atoms with Crippen LogP contribution in [0.15, 0.2) is 57.1 Å². The Balaban J connectivity index is 0.000000280. The molecule has 6 heteroatoms. The first-order chi connectivity index (χ1) is 7.70. The predicted octanol–water partition coefficient (Wildman–Crippen LogP) is 3.48. The van der Waals surface area contributed by atoms with Gasteiger partial charge in [0.15, 0.2) is 0 Å². The van der Waals surface area contributed by atoms with E-state index in [-0.39, 0.29) is 0 Å². The quantitative estimate of drug-likeness (QED) is 0.530. The Morgan fingerprint density at radius 2 is 1.38 bits per heavy atom. The minimum absolute atomic E-state index is 1.34. The first kappa shape index (κ1) is 12.7. The SMILES string of the molecule is C1=CSC(=C2C=CC=CS2)C=C1.O=[N+]([O-])O. The molecule has 0 fully saturated rings. The van der Waals surface area contributed by atoms with Gasteiger partial charge >= 0.3 is 0 Å². The third kappa shape index (κ3) is 4.90. The maximum atomic E-state index is 8.36. The van der Waals surface area contributed by atoms with E-state index in [0.717, 1.165) is 0 Å². The van der Waals surface area contributed by atoms with E-state index in [1.807, 2.05) is 0 Å². The molecular formula is C10H9NO3S2. The van der Waals surface area contributed by atoms with Crippen LogP contribution in [0.3, 0.4) is 0 Å². The summed E-state index contributed by atoms with van der Waals surface area (Å²) in [5, 5.41) is 17.9. The smallest absolute Gasteiger partial charge is 0.291 e. The molecule has 2 heterocycles. The summed E-state index contributed by atoms with van der Waals surface area (Å²) in [5.74, 6) is 0. The molecule has 0 saturated carbocycles. The average molecular weight is 255 g/mol. The van der Waals surface area contributed by atoms with Gasteiger partial charge in [-0.05, 0) is 23.0 Å². The van der Waals surface area contributed by atoms with Gasteiger partial charge < -0.3 is 5.21 Å². The summed E-state index contributed by atoms with van der Waals surface area (Å²) >= 11 is 3.55. The van der Waals surface area contributed by atoms with Crippen LogP contribution in [-0.2, 0) is 0 Å². The fourth-order valence-corrected chi connectivity index (χ4v) is 2.56. The van der Waals surface area contributed by atoms with E-state index in [2.05, 4.69) is 47.3 Å². The van der Waals surface area contributed by atoms with Crippen molar-refractivity contribution in [2.24, 2.45) is 0 Å². The van der Waals surface area contributed by atoms with Crippen LogP contribution in [0.4, 0.5) is 0 Å². The summed E-state index contributed by atoms with van der Waals surface area (Å²) in [6, 6.07) is 0. The molecule has 16 heavy (non-hydrogen) atoms. The second kappa shape index (κ2) is 6.97. The molecule has 0 amide bonds. The topological polar surface area (TPSA) is 63.4 Å². The van der Waals surface area contributed by atoms with Crippen molar-refractivity contribution in [3.63, 3.8) is 0 Å². The highest BCUT2D eigenvalue weighted by Crippen LogP contribution is 2.34. The molecule has 2 rings (SSSR count). The molecule has 0 bridgehead atoms. The molecule has 0 radical (unpaired) electrons. The van der Waals surface area contributed by atoms with Crippen molar-refractivity contribution < 1.29 is 10.3 Å². The number of hydrogen-bond donors (Lipinski definition) is 1. The Morgan fingerprint density at radius 3 is 1.62 bits per heavy atom. The molecule has 0 saturated heterocycles. The summed E-state index contributed by atoms with van der Waals surface area (Å²) in [6.45, 7) is 0. The number of hydrogen-bond acceptors (Lipinski definition) is 4. The lowest BCUT2D eigenvalue weighted by Gasteiger charge is -2.07. The lowest BCUT2D eigenvalue weighted by atomic mass is 10.3. The minimum atomic E-state index is -1.50. The normalized spacial score (nSPS) is 21.5. The number of thioether (sulfide) groups is 2. The lowest BCUT2D eigenvalue weighted by molar-refractivity contribution is -0.742. The summed E-state index contributed by atoms with van der Waals surface area (Å²) in [6.07, 6.45) is 12.6. The molecule has 0 aromatic rings. The molecule has 1 N–H and O–H groups in total. The Bertz CT molecular complexity index is 372. The van der Waals surface area contributed by atoms with Crippen molar-refractivity contribution in [3.05, 3.63) is 67.2 Å². The number of nitrogens with zero attached hydrogens (tertiary/aromatic N) is 1. The molecule has 84 valence electrons. The van der Waals surface area contributed by atoms with Crippen molar-refractivity contribution in [1.29, 1.82) is 0 Å². The molecule has 0 aromatic heterocycles. The van der Waals surface area contributed by atoms with Crippen molar-refractivity contribution in [3.8, 4) is 0 Å². The molecule has 0 aliphatic carbocycles. The van der Waals surface area contributed by atoms with Gasteiger partial charge in [0.2, 0.25) is 0 Å². The maximum absolute atomic E-state index is 8.36. The van der Waals surface area contributed by atoms with E-state index < -0.39 is 5.09 Å². The van der Waals surface area contributed by atoms with Gasteiger partial charge in [0.1, 0.15) is 0 Å². The van der Waals surface area contributed by atoms with Crippen LogP contribution in [-0.4, -0.2) is 10.3 Å². The monoisotopic (exact) mass is 255 g/mol. The fourth-order valence-electron chi connectivity index (χ4n) is 0.961. The Kier molecular flexibility index (Phi) is 5.52. The largest absolute Gasteiger partial charge is 0.328 e. The fraction of sp³-hybridized carbons (Fsp3) is 0. The zero-order chi connectivity index (χ0) is 11.8. The molecule has 4 nitrogen and oxygen atoms in total. The van der Waals surface area contributed by atoms with Gasteiger partial charge in [0.25, 0.3) is 5.09 Å². The van der Waals surface area contributed by atoms with E-state index >= 15 is 0 Å². The van der Waals surface area contributed by atoms with Crippen LogP contribution in [0.2, 0.25) is 0 Å². The van der Waals surface area contributed by atoms with Crippen LogP contribution < -0.4 is 0 Å². The highest BCUT2D eigenvalue weighted by atomic mass is 32.2. The number of allylic oxidation sites excluding steroid dienone is 6. The van der Waals surface area contributed by atoms with Gasteiger partial charge in [0, 0.05) is 9.81 Å². The van der Waals surface area contributed by atoms with Gasteiger partial charge in [-0.2, -0.15) is 0 Å². The van der Waals surface area contributed by atoms with Crippen LogP contribution >= 0.6 is 23.5 Å². The minimum Gasteiger partial charge on any atom is -0.328 e. The third-order valence-corrected chi connectivity index (χ3v) is 3.44. The molecule has 0 spiro atoms. The van der Waals surface area contributed by atoms with Crippen LogP contribution in [0, 0.1) is 10.1 Å². The lowest BCUT2D eigenvalue weighted by Crippen LogP contribution is -1.81. The molecule has 0 aromatic carbocycles. The average Bonchev–Trinajstić information content (AvgIpc) is 2.31. The zero-order valence-corrected chi connectivity index (χ0v) is 9.78. The molecule has 0 atom stereocenters. The van der Waals surface area contributed by atoms with Crippen LogP contribution in [0.5, 0.6) is 0 Å². The van der Waals surface area contributed by atoms with Crippen LogP contribution in [0.25, 0.3) is 0 Å². The van der Waals surface area contributed by atoms with Gasteiger partial charge in [-0.3, -0.25) is 0 Å². The standard InChI is InChI=1S/C10H8S2.HNO3/c1-3-7-11-9(5-1)10-6-2-4-8-12-10;2-1(3)4/h1-8H;(H,2,3,4). The van der Waals surface area contributed by atoms with Gasteiger partial charge in [0.05, 0.1) is 0 Å². The zero-order valence-electron chi connectivity index (χ0n) is 8.15. The van der Waals surface area contributed by atoms with Gasteiger partial charge in [-0.1, -0.05) is 47.8 Å². The molecule has 0 unspecified atom stereocenters. The van der Waals surface area contributed by atoms with E-state index in [4.69, 9.17) is 15.3 Å². The van der Waals surface area contributed by atoms with Crippen molar-refractivity contribution >= 4 is 23.5 Å². The van der Waals surface area contributed by atoms with Crippen LogP contribution in [0.1, 0.15) is 0 Å². The van der Waals surface area contributed by atoms with Crippen molar-refractivity contribution in [2.45, 2.75) is 0 Å². The van der Waals surface area contributed by atoms with E-state index in [9.17, 15) is 0 Å². The van der Waals surface area contributed by atoms with E-state index in [1.54, 1.807) is 23.5 Å². The van der Waals surface area contributed by atoms with Gasteiger partial charge in [-0.15, -0.1) is 10.1 Å². The van der Waals surface area contributed by atoms with Crippen molar-refractivity contribution in [1.82, 2.24) is 0 Å². The number of rotatable bonds is 0. The maximum Gasteiger partial charge on any atom is 0.291 e. The van der Waals surface area contributed by atoms with Crippen molar-refractivity contribution in [2.75, 3.05) is 0 Å². The third-order valence-electron chi connectivity index (χ3n) is 1.51. The highest BCUT2D eigenvalue weighted by Gasteiger charge is 2.03. The Hall–Kier alpha value is -1.40. The van der Waals surface area contributed by atoms with Gasteiger partial charge in [-0.25, -0.2) is 0 Å². The molecule has 2 aliphatic rings. The second-order valence-corrected chi connectivity index (χ2v) is 4.47. The summed E-state index contributed by atoms with van der Waals surface area (Å²) < 4.78 is 0. The summed E-state index contributed by atoms with van der Waals surface area (Å²) in [5.41, 5.74) is 0. The predicted molar refractivity (Wildman–Crippen MR) is 67.5 cm³/mol. The highest BCUT2D eigenvalue weighted by molar-refractivity contribution is 8.09. The second-order valence-electron chi connectivity index (χ2n) is 2.58. The first-order valence-electron chi connectivity index (χ1n) is 4.27.